The second-order valence-electron chi connectivity index (χ2n) is 8.67. The molecule has 1 unspecified atom stereocenters. The molecule has 1 amide bonds. The average Bonchev–Trinajstić information content (AvgIpc) is 2.90. The van der Waals surface area contributed by atoms with Gasteiger partial charge in [0.1, 0.15) is 11.6 Å². The second-order valence-corrected chi connectivity index (χ2v) is 10.5. The molecule has 24 heavy (non-hydrogen) atoms. The van der Waals surface area contributed by atoms with Crippen molar-refractivity contribution in [3.8, 4) is 0 Å². The maximum Gasteiger partial charge on any atom is 0.330 e. The summed E-state index contributed by atoms with van der Waals surface area (Å²) in [5.74, 6) is 0.00999. The highest BCUT2D eigenvalue weighted by Crippen LogP contribution is 2.37. The van der Waals surface area contributed by atoms with Crippen molar-refractivity contribution >= 4 is 23.6 Å². The Morgan fingerprint density at radius 2 is 1.71 bits per heavy atom. The van der Waals surface area contributed by atoms with Crippen LogP contribution >= 0.6 is 11.8 Å². The van der Waals surface area contributed by atoms with Gasteiger partial charge >= 0.3 is 5.97 Å². The molecule has 0 saturated heterocycles. The van der Waals surface area contributed by atoms with Gasteiger partial charge in [0.2, 0.25) is 5.91 Å². The zero-order valence-corrected chi connectivity index (χ0v) is 16.8. The first-order chi connectivity index (χ1) is 10.9. The largest absolute Gasteiger partial charge is 0.458 e. The van der Waals surface area contributed by atoms with Crippen molar-refractivity contribution in [1.29, 1.82) is 0 Å². The number of esters is 1. The van der Waals surface area contributed by atoms with Crippen LogP contribution in [0.1, 0.15) is 67.2 Å². The van der Waals surface area contributed by atoms with E-state index in [1.54, 1.807) is 11.8 Å². The highest BCUT2D eigenvalue weighted by molar-refractivity contribution is 8.00. The van der Waals surface area contributed by atoms with Gasteiger partial charge in [-0.1, -0.05) is 33.6 Å². The number of nitrogens with two attached hydrogens (primary N) is 1. The zero-order valence-electron chi connectivity index (χ0n) is 16.0. The maximum absolute atomic E-state index is 12.8. The molecule has 0 spiro atoms. The van der Waals surface area contributed by atoms with Crippen molar-refractivity contribution in [2.24, 2.45) is 11.1 Å². The van der Waals surface area contributed by atoms with Crippen molar-refractivity contribution in [3.63, 3.8) is 0 Å². The van der Waals surface area contributed by atoms with E-state index in [1.165, 1.54) is 0 Å². The molecule has 3 N–H and O–H groups in total. The Morgan fingerprint density at radius 3 is 2.12 bits per heavy atom. The van der Waals surface area contributed by atoms with E-state index in [0.29, 0.717) is 12.3 Å². The first-order valence-corrected chi connectivity index (χ1v) is 9.75. The summed E-state index contributed by atoms with van der Waals surface area (Å²) in [6.07, 6.45) is 3.61. The van der Waals surface area contributed by atoms with Crippen LogP contribution in [0.15, 0.2) is 0 Å². The lowest BCUT2D eigenvalue weighted by Gasteiger charge is -2.31. The van der Waals surface area contributed by atoms with Gasteiger partial charge in [0, 0.05) is 17.0 Å². The molecule has 1 saturated carbocycles. The van der Waals surface area contributed by atoms with Crippen LogP contribution in [0.2, 0.25) is 0 Å². The van der Waals surface area contributed by atoms with Gasteiger partial charge in [0.25, 0.3) is 0 Å². The van der Waals surface area contributed by atoms with Gasteiger partial charge in [0.05, 0.1) is 5.41 Å². The van der Waals surface area contributed by atoms with Gasteiger partial charge < -0.3 is 15.8 Å². The molecule has 140 valence electrons. The lowest BCUT2D eigenvalue weighted by atomic mass is 9.85. The van der Waals surface area contributed by atoms with Crippen molar-refractivity contribution < 1.29 is 14.3 Å². The molecular formula is C18H34N2O3S. The van der Waals surface area contributed by atoms with Crippen LogP contribution in [0.4, 0.5) is 0 Å². The fourth-order valence-corrected chi connectivity index (χ4v) is 3.65. The van der Waals surface area contributed by atoms with E-state index >= 15 is 0 Å². The van der Waals surface area contributed by atoms with Crippen molar-refractivity contribution in [1.82, 2.24) is 5.32 Å². The van der Waals surface area contributed by atoms with Gasteiger partial charge in [-0.15, -0.1) is 0 Å². The van der Waals surface area contributed by atoms with E-state index < -0.39 is 17.1 Å². The molecule has 0 radical (unpaired) electrons. The predicted molar refractivity (Wildman–Crippen MR) is 99.9 cm³/mol. The second kappa shape index (κ2) is 8.09. The molecule has 1 aliphatic carbocycles. The number of amides is 1. The SMILES string of the molecule is CC(C)(C)OC(=O)C(CSC(C)(C)C)NC(=O)C1(CN)CCCC1. The van der Waals surface area contributed by atoms with E-state index in [1.807, 2.05) is 20.8 Å². The van der Waals surface area contributed by atoms with Crippen LogP contribution in [0, 0.1) is 5.41 Å². The third kappa shape index (κ3) is 6.63. The number of thioether (sulfide) groups is 1. The minimum atomic E-state index is -0.648. The molecule has 1 rings (SSSR count). The van der Waals surface area contributed by atoms with Gasteiger partial charge in [-0.2, -0.15) is 11.8 Å². The van der Waals surface area contributed by atoms with E-state index in [0.717, 1.165) is 25.7 Å². The standard InChI is InChI=1S/C18H34N2O3S/c1-16(2,3)23-14(21)13(11-24-17(4,5)6)20-15(22)18(12-19)9-7-8-10-18/h13H,7-12,19H2,1-6H3,(H,20,22). The Bertz CT molecular complexity index is 446. The number of hydrogen-bond acceptors (Lipinski definition) is 5. The zero-order chi connectivity index (χ0) is 18.6. The summed E-state index contributed by atoms with van der Waals surface area (Å²) in [5, 5.41) is 2.93. The Labute approximate surface area is 150 Å². The van der Waals surface area contributed by atoms with Gasteiger partial charge in [-0.25, -0.2) is 4.79 Å². The number of carbonyl (C=O) groups excluding carboxylic acids is 2. The minimum absolute atomic E-state index is 0.00387. The summed E-state index contributed by atoms with van der Waals surface area (Å²) in [5.41, 5.74) is 4.79. The normalized spacial score (nSPS) is 19.0. The van der Waals surface area contributed by atoms with E-state index in [9.17, 15) is 9.59 Å². The summed E-state index contributed by atoms with van der Waals surface area (Å²) < 4.78 is 5.50. The Morgan fingerprint density at radius 1 is 1.17 bits per heavy atom. The smallest absolute Gasteiger partial charge is 0.330 e. The fourth-order valence-electron chi connectivity index (χ4n) is 2.76. The lowest BCUT2D eigenvalue weighted by molar-refractivity contribution is -0.158. The van der Waals surface area contributed by atoms with Crippen LogP contribution in [-0.4, -0.2) is 40.6 Å². The molecule has 1 fully saturated rings. The first-order valence-electron chi connectivity index (χ1n) is 8.76. The van der Waals surface area contributed by atoms with E-state index in [-0.39, 0.29) is 16.6 Å². The molecule has 1 atom stereocenters. The minimum Gasteiger partial charge on any atom is -0.458 e. The van der Waals surface area contributed by atoms with E-state index in [4.69, 9.17) is 10.5 Å². The monoisotopic (exact) mass is 358 g/mol. The quantitative estimate of drug-likeness (QED) is 0.714. The molecule has 0 aromatic rings. The molecule has 0 bridgehead atoms. The average molecular weight is 359 g/mol. The summed E-state index contributed by atoms with van der Waals surface area (Å²) >= 11 is 1.64. The molecule has 0 aliphatic heterocycles. The van der Waals surface area contributed by atoms with Crippen molar-refractivity contribution in [2.45, 2.75) is 83.6 Å². The predicted octanol–water partition coefficient (Wildman–Crippen LogP) is 2.86. The third-order valence-corrected chi connectivity index (χ3v) is 5.48. The Balaban J connectivity index is 2.83. The number of nitrogens with one attached hydrogen (secondary N) is 1. The number of rotatable bonds is 6. The van der Waals surface area contributed by atoms with Gasteiger partial charge in [-0.05, 0) is 33.6 Å². The summed E-state index contributed by atoms with van der Waals surface area (Å²) in [6.45, 7) is 12.1. The van der Waals surface area contributed by atoms with Crippen molar-refractivity contribution in [2.75, 3.05) is 12.3 Å². The molecule has 5 nitrogen and oxygen atoms in total. The van der Waals surface area contributed by atoms with Crippen LogP contribution in [0.5, 0.6) is 0 Å². The molecular weight excluding hydrogens is 324 g/mol. The Kier molecular flexibility index (Phi) is 7.17. The van der Waals surface area contributed by atoms with Crippen LogP contribution in [0.3, 0.4) is 0 Å². The molecule has 0 aromatic carbocycles. The lowest BCUT2D eigenvalue weighted by Crippen LogP contribution is -2.52. The van der Waals surface area contributed by atoms with E-state index in [2.05, 4.69) is 26.1 Å². The summed E-state index contributed by atoms with van der Waals surface area (Å²) in [4.78, 5) is 25.3. The van der Waals surface area contributed by atoms with Crippen molar-refractivity contribution in [3.05, 3.63) is 0 Å². The number of carbonyl (C=O) groups is 2. The first kappa shape index (κ1) is 21.3. The summed E-state index contributed by atoms with van der Waals surface area (Å²) in [6, 6.07) is -0.648. The molecule has 1 aliphatic rings. The Hall–Kier alpha value is -0.750. The maximum atomic E-state index is 12.8. The number of hydrogen-bond donors (Lipinski definition) is 2. The number of ether oxygens (including phenoxy) is 1. The van der Waals surface area contributed by atoms with Crippen LogP contribution in [-0.2, 0) is 14.3 Å². The highest BCUT2D eigenvalue weighted by atomic mass is 32.2. The third-order valence-electron chi connectivity index (χ3n) is 4.11. The fraction of sp³-hybridized carbons (Fsp3) is 0.889. The van der Waals surface area contributed by atoms with Crippen LogP contribution in [0.25, 0.3) is 0 Å². The molecule has 0 aromatic heterocycles. The molecule has 6 heteroatoms. The van der Waals surface area contributed by atoms with Gasteiger partial charge in [0.15, 0.2) is 0 Å². The highest BCUT2D eigenvalue weighted by Gasteiger charge is 2.41. The van der Waals surface area contributed by atoms with Gasteiger partial charge in [-0.3, -0.25) is 4.79 Å². The summed E-state index contributed by atoms with van der Waals surface area (Å²) in [7, 11) is 0. The molecule has 0 heterocycles. The topological polar surface area (TPSA) is 81.4 Å². The van der Waals surface area contributed by atoms with Crippen LogP contribution < -0.4 is 11.1 Å².